The van der Waals surface area contributed by atoms with Gasteiger partial charge in [-0.25, -0.2) is 13.1 Å². The quantitative estimate of drug-likeness (QED) is 0.744. The van der Waals surface area contributed by atoms with Crippen LogP contribution in [0.1, 0.15) is 68.9 Å². The molecule has 158 valence electrons. The number of carbonyl (C=O) groups is 2. The van der Waals surface area contributed by atoms with Crippen LogP contribution in [0.4, 0.5) is 0 Å². The number of sulfonamides is 1. The number of hydrogen-bond acceptors (Lipinski definition) is 4. The normalized spacial score (nSPS) is 26.0. The number of imide groups is 1. The molecule has 1 aromatic rings. The smallest absolute Gasteiger partial charge is 0.241 e. The summed E-state index contributed by atoms with van der Waals surface area (Å²) in [6.07, 6.45) is 8.56. The lowest BCUT2D eigenvalue weighted by molar-refractivity contribution is -0.140. The van der Waals surface area contributed by atoms with E-state index in [1.54, 1.807) is 19.1 Å². The van der Waals surface area contributed by atoms with Gasteiger partial charge in [0, 0.05) is 6.04 Å². The monoisotopic (exact) mass is 418 g/mol. The Morgan fingerprint density at radius 3 is 2.14 bits per heavy atom. The number of fused-ring (bicyclic) bond motifs is 1. The van der Waals surface area contributed by atoms with E-state index in [2.05, 4.69) is 4.72 Å². The van der Waals surface area contributed by atoms with Crippen LogP contribution < -0.4 is 4.72 Å². The van der Waals surface area contributed by atoms with Crippen LogP contribution in [-0.2, 0) is 26.2 Å². The number of amides is 2. The molecule has 2 amide bonds. The molecule has 1 aliphatic heterocycles. The number of likely N-dealkylation sites (tertiary alicyclic amines) is 1. The number of rotatable bonds is 5. The maximum atomic E-state index is 13.0. The van der Waals surface area contributed by atoms with E-state index in [-0.39, 0.29) is 41.1 Å². The van der Waals surface area contributed by atoms with Crippen LogP contribution in [0, 0.1) is 18.8 Å². The third-order valence-electron chi connectivity index (χ3n) is 6.74. The molecular weight excluding hydrogens is 388 g/mol. The van der Waals surface area contributed by atoms with E-state index in [1.165, 1.54) is 4.90 Å². The van der Waals surface area contributed by atoms with Crippen LogP contribution in [0.2, 0.25) is 0 Å². The van der Waals surface area contributed by atoms with Gasteiger partial charge in [0.15, 0.2) is 0 Å². The van der Waals surface area contributed by atoms with Crippen LogP contribution in [-0.4, -0.2) is 31.2 Å². The highest BCUT2D eigenvalue weighted by molar-refractivity contribution is 7.89. The second kappa shape index (κ2) is 8.19. The zero-order chi connectivity index (χ0) is 20.6. The highest BCUT2D eigenvalue weighted by Crippen LogP contribution is 2.38. The number of benzene rings is 1. The Morgan fingerprint density at radius 1 is 0.931 bits per heavy atom. The van der Waals surface area contributed by atoms with Gasteiger partial charge >= 0.3 is 0 Å². The Morgan fingerprint density at radius 2 is 1.52 bits per heavy atom. The summed E-state index contributed by atoms with van der Waals surface area (Å²) in [5.74, 6) is -0.550. The summed E-state index contributed by atoms with van der Waals surface area (Å²) in [4.78, 5) is 27.1. The van der Waals surface area contributed by atoms with Crippen molar-refractivity contribution in [2.45, 2.75) is 82.2 Å². The largest absolute Gasteiger partial charge is 0.278 e. The first kappa shape index (κ1) is 20.5. The second-order valence-corrected chi connectivity index (χ2v) is 10.5. The van der Waals surface area contributed by atoms with E-state index in [9.17, 15) is 18.0 Å². The predicted molar refractivity (Wildman–Crippen MR) is 109 cm³/mol. The van der Waals surface area contributed by atoms with Crippen LogP contribution in [0.15, 0.2) is 23.1 Å². The molecule has 0 spiro atoms. The standard InChI is InChI=1S/C22H30N2O4S/c1-15-11-12-16(13-20(15)29(27,28)23-17-7-3-2-4-8-17)14-24-21(25)18-9-5-6-10-19(18)22(24)26/h11-13,17-19,23H,2-10,14H2,1H3/t18-,19+. The Kier molecular flexibility index (Phi) is 5.80. The summed E-state index contributed by atoms with van der Waals surface area (Å²) in [6, 6.07) is 5.20. The molecule has 0 bridgehead atoms. The van der Waals surface area contributed by atoms with Gasteiger partial charge in [0.05, 0.1) is 23.3 Å². The van der Waals surface area contributed by atoms with Crippen molar-refractivity contribution < 1.29 is 18.0 Å². The van der Waals surface area contributed by atoms with E-state index in [0.29, 0.717) is 11.1 Å². The van der Waals surface area contributed by atoms with Crippen LogP contribution in [0.25, 0.3) is 0 Å². The van der Waals surface area contributed by atoms with Gasteiger partial charge in [-0.3, -0.25) is 14.5 Å². The lowest BCUT2D eigenvalue weighted by atomic mass is 9.81. The molecule has 0 unspecified atom stereocenters. The van der Waals surface area contributed by atoms with Crippen molar-refractivity contribution in [1.82, 2.24) is 9.62 Å². The third-order valence-corrected chi connectivity index (χ3v) is 8.40. The summed E-state index contributed by atoms with van der Waals surface area (Å²) in [5, 5.41) is 0. The average Bonchev–Trinajstić information content (AvgIpc) is 2.95. The average molecular weight is 419 g/mol. The molecule has 2 atom stereocenters. The first-order valence-corrected chi connectivity index (χ1v) is 12.3. The topological polar surface area (TPSA) is 83.6 Å². The fraction of sp³-hybridized carbons (Fsp3) is 0.636. The molecule has 1 heterocycles. The Bertz CT molecular complexity index is 881. The van der Waals surface area contributed by atoms with Crippen molar-refractivity contribution in [2.75, 3.05) is 0 Å². The molecule has 1 saturated heterocycles. The summed E-state index contributed by atoms with van der Waals surface area (Å²) in [5.41, 5.74) is 1.35. The molecule has 1 N–H and O–H groups in total. The van der Waals surface area contributed by atoms with Gasteiger partial charge < -0.3 is 0 Å². The van der Waals surface area contributed by atoms with Gasteiger partial charge in [-0.15, -0.1) is 0 Å². The van der Waals surface area contributed by atoms with Crippen LogP contribution in [0.5, 0.6) is 0 Å². The van der Waals surface area contributed by atoms with Crippen molar-refractivity contribution in [3.05, 3.63) is 29.3 Å². The zero-order valence-electron chi connectivity index (χ0n) is 17.0. The molecule has 1 aromatic carbocycles. The van der Waals surface area contributed by atoms with Gasteiger partial charge in [0.2, 0.25) is 21.8 Å². The molecule has 29 heavy (non-hydrogen) atoms. The molecular formula is C22H30N2O4S. The van der Waals surface area contributed by atoms with E-state index in [0.717, 1.165) is 57.8 Å². The number of aryl methyl sites for hydroxylation is 1. The van der Waals surface area contributed by atoms with Gasteiger partial charge in [0.1, 0.15) is 0 Å². The van der Waals surface area contributed by atoms with Crippen molar-refractivity contribution in [3.63, 3.8) is 0 Å². The maximum Gasteiger partial charge on any atom is 0.241 e. The zero-order valence-corrected chi connectivity index (χ0v) is 17.8. The summed E-state index contributed by atoms with van der Waals surface area (Å²) >= 11 is 0. The number of carbonyl (C=O) groups excluding carboxylic acids is 2. The molecule has 7 heteroatoms. The SMILES string of the molecule is Cc1ccc(CN2C(=O)[C@H]3CCCC[C@H]3C2=O)cc1S(=O)(=O)NC1CCCCC1. The van der Waals surface area contributed by atoms with Gasteiger partial charge in [-0.05, 0) is 49.8 Å². The summed E-state index contributed by atoms with van der Waals surface area (Å²) in [7, 11) is -3.63. The molecule has 3 fully saturated rings. The van der Waals surface area contributed by atoms with Crippen molar-refractivity contribution >= 4 is 21.8 Å². The first-order chi connectivity index (χ1) is 13.9. The highest BCUT2D eigenvalue weighted by Gasteiger charge is 2.47. The minimum Gasteiger partial charge on any atom is -0.278 e. The van der Waals surface area contributed by atoms with Gasteiger partial charge in [0.25, 0.3) is 0 Å². The predicted octanol–water partition coefficient (Wildman–Crippen LogP) is 3.28. The van der Waals surface area contributed by atoms with Crippen molar-refractivity contribution in [3.8, 4) is 0 Å². The molecule has 2 aliphatic carbocycles. The maximum absolute atomic E-state index is 13.0. The third kappa shape index (κ3) is 4.12. The Hall–Kier alpha value is -1.73. The fourth-order valence-electron chi connectivity index (χ4n) is 5.11. The van der Waals surface area contributed by atoms with E-state index in [1.807, 2.05) is 6.07 Å². The fourth-order valence-corrected chi connectivity index (χ4v) is 6.71. The summed E-state index contributed by atoms with van der Waals surface area (Å²) < 4.78 is 28.8. The summed E-state index contributed by atoms with van der Waals surface area (Å²) in [6.45, 7) is 1.93. The molecule has 3 aliphatic rings. The molecule has 4 rings (SSSR count). The molecule has 2 saturated carbocycles. The van der Waals surface area contributed by atoms with Gasteiger partial charge in [-0.2, -0.15) is 0 Å². The molecule has 0 radical (unpaired) electrons. The first-order valence-electron chi connectivity index (χ1n) is 10.8. The number of hydrogen-bond donors (Lipinski definition) is 1. The van der Waals surface area contributed by atoms with Crippen LogP contribution in [0.3, 0.4) is 0 Å². The number of nitrogens with one attached hydrogen (secondary N) is 1. The van der Waals surface area contributed by atoms with E-state index in [4.69, 9.17) is 0 Å². The van der Waals surface area contributed by atoms with Crippen molar-refractivity contribution in [2.24, 2.45) is 11.8 Å². The lowest BCUT2D eigenvalue weighted by Gasteiger charge is -2.23. The van der Waals surface area contributed by atoms with E-state index >= 15 is 0 Å². The van der Waals surface area contributed by atoms with Gasteiger partial charge in [-0.1, -0.05) is 44.2 Å². The highest BCUT2D eigenvalue weighted by atomic mass is 32.2. The Labute approximate surface area is 173 Å². The molecule has 0 aromatic heterocycles. The second-order valence-electron chi connectivity index (χ2n) is 8.82. The minimum atomic E-state index is -3.63. The van der Waals surface area contributed by atoms with E-state index < -0.39 is 10.0 Å². The number of nitrogens with zero attached hydrogens (tertiary/aromatic N) is 1. The Balaban J connectivity index is 1.54. The van der Waals surface area contributed by atoms with Crippen LogP contribution >= 0.6 is 0 Å². The van der Waals surface area contributed by atoms with Crippen molar-refractivity contribution in [1.29, 1.82) is 0 Å². The minimum absolute atomic E-state index is 0.0123. The lowest BCUT2D eigenvalue weighted by Crippen LogP contribution is -2.36. The molecule has 6 nitrogen and oxygen atoms in total.